The maximum Gasteiger partial charge on any atom is 0.321 e. The van der Waals surface area contributed by atoms with Gasteiger partial charge in [-0.2, -0.15) is 0 Å². The van der Waals surface area contributed by atoms with Gasteiger partial charge in [-0.05, 0) is 44.5 Å². The molecule has 5 heteroatoms. The zero-order chi connectivity index (χ0) is 13.9. The van der Waals surface area contributed by atoms with Crippen LogP contribution in [-0.4, -0.2) is 35.2 Å². The lowest BCUT2D eigenvalue weighted by molar-refractivity contribution is 0.0550. The average molecular weight is 254 g/mol. The van der Waals surface area contributed by atoms with Crippen molar-refractivity contribution in [2.45, 2.75) is 26.4 Å². The molecule has 0 fully saturated rings. The Labute approximate surface area is 106 Å². The Morgan fingerprint density at radius 3 is 2.56 bits per heavy atom. The second kappa shape index (κ2) is 5.35. The molecule has 4 nitrogen and oxygen atoms in total. The smallest absolute Gasteiger partial charge is 0.321 e. The Morgan fingerprint density at radius 2 is 2.06 bits per heavy atom. The van der Waals surface area contributed by atoms with E-state index in [9.17, 15) is 14.3 Å². The summed E-state index contributed by atoms with van der Waals surface area (Å²) in [5, 5.41) is 12.2. The van der Waals surface area contributed by atoms with Crippen LogP contribution in [0, 0.1) is 12.7 Å². The first-order chi connectivity index (χ1) is 8.17. The van der Waals surface area contributed by atoms with E-state index in [1.165, 1.54) is 17.0 Å². The van der Waals surface area contributed by atoms with Crippen molar-refractivity contribution in [2.24, 2.45) is 0 Å². The minimum atomic E-state index is -0.968. The number of carbonyl (C=O) groups is 1. The molecular weight excluding hydrogens is 235 g/mol. The first-order valence-electron chi connectivity index (χ1n) is 5.69. The van der Waals surface area contributed by atoms with E-state index in [0.29, 0.717) is 5.69 Å². The predicted octanol–water partition coefficient (Wildman–Crippen LogP) is 2.37. The van der Waals surface area contributed by atoms with Crippen LogP contribution in [-0.2, 0) is 0 Å². The molecule has 2 N–H and O–H groups in total. The third-order valence-electron chi connectivity index (χ3n) is 2.26. The highest BCUT2D eigenvalue weighted by molar-refractivity contribution is 5.89. The molecule has 2 amide bonds. The lowest BCUT2D eigenvalue weighted by Crippen LogP contribution is -2.41. The molecule has 0 saturated heterocycles. The van der Waals surface area contributed by atoms with Crippen molar-refractivity contribution in [3.63, 3.8) is 0 Å². The van der Waals surface area contributed by atoms with Crippen molar-refractivity contribution in [1.82, 2.24) is 4.90 Å². The van der Waals surface area contributed by atoms with Crippen LogP contribution in [0.3, 0.4) is 0 Å². The fourth-order valence-corrected chi connectivity index (χ4v) is 1.68. The number of aryl methyl sites for hydroxylation is 1. The van der Waals surface area contributed by atoms with Gasteiger partial charge in [0.25, 0.3) is 0 Å². The minimum Gasteiger partial charge on any atom is -0.389 e. The van der Waals surface area contributed by atoms with Crippen LogP contribution in [0.4, 0.5) is 14.9 Å². The normalized spacial score (nSPS) is 11.2. The second-order valence-corrected chi connectivity index (χ2v) is 5.12. The van der Waals surface area contributed by atoms with Crippen molar-refractivity contribution in [2.75, 3.05) is 18.9 Å². The number of carbonyl (C=O) groups excluding carboxylic acids is 1. The number of aliphatic hydroxyl groups is 1. The van der Waals surface area contributed by atoms with Crippen LogP contribution in [0.1, 0.15) is 19.4 Å². The largest absolute Gasteiger partial charge is 0.389 e. The summed E-state index contributed by atoms with van der Waals surface area (Å²) < 4.78 is 13.1. The van der Waals surface area contributed by atoms with Crippen molar-refractivity contribution < 1.29 is 14.3 Å². The van der Waals surface area contributed by atoms with Gasteiger partial charge in [-0.1, -0.05) is 0 Å². The highest BCUT2D eigenvalue weighted by Gasteiger charge is 2.19. The summed E-state index contributed by atoms with van der Waals surface area (Å²) in [6, 6.07) is 3.93. The van der Waals surface area contributed by atoms with Gasteiger partial charge in [-0.25, -0.2) is 9.18 Å². The number of hydrogen-bond acceptors (Lipinski definition) is 2. The lowest BCUT2D eigenvalue weighted by Gasteiger charge is -2.25. The quantitative estimate of drug-likeness (QED) is 0.870. The molecule has 1 aromatic rings. The molecule has 0 aliphatic rings. The van der Waals surface area contributed by atoms with Gasteiger partial charge in [0.15, 0.2) is 0 Å². The average Bonchev–Trinajstić information content (AvgIpc) is 2.12. The first-order valence-corrected chi connectivity index (χ1v) is 5.69. The number of rotatable bonds is 3. The number of amides is 2. The summed E-state index contributed by atoms with van der Waals surface area (Å²) in [7, 11) is 1.57. The van der Waals surface area contributed by atoms with E-state index in [4.69, 9.17) is 0 Å². The van der Waals surface area contributed by atoms with Crippen LogP contribution in [0.15, 0.2) is 18.2 Å². The fourth-order valence-electron chi connectivity index (χ4n) is 1.68. The topological polar surface area (TPSA) is 52.6 Å². The Morgan fingerprint density at radius 1 is 1.44 bits per heavy atom. The minimum absolute atomic E-state index is 0.188. The summed E-state index contributed by atoms with van der Waals surface area (Å²) in [4.78, 5) is 13.1. The van der Waals surface area contributed by atoms with Gasteiger partial charge < -0.3 is 15.3 Å². The van der Waals surface area contributed by atoms with Crippen LogP contribution in [0.25, 0.3) is 0 Å². The van der Waals surface area contributed by atoms with E-state index in [1.807, 2.05) is 0 Å². The molecule has 0 aromatic heterocycles. The molecule has 0 aliphatic heterocycles. The zero-order valence-corrected chi connectivity index (χ0v) is 11.1. The molecule has 0 bridgehead atoms. The first kappa shape index (κ1) is 14.4. The van der Waals surface area contributed by atoms with E-state index in [0.717, 1.165) is 5.56 Å². The van der Waals surface area contributed by atoms with Gasteiger partial charge in [0.2, 0.25) is 0 Å². The monoisotopic (exact) mass is 254 g/mol. The van der Waals surface area contributed by atoms with Crippen molar-refractivity contribution in [3.05, 3.63) is 29.6 Å². The molecule has 0 radical (unpaired) electrons. The van der Waals surface area contributed by atoms with Gasteiger partial charge >= 0.3 is 6.03 Å². The van der Waals surface area contributed by atoms with Gasteiger partial charge in [0, 0.05) is 12.7 Å². The third-order valence-corrected chi connectivity index (χ3v) is 2.26. The molecule has 0 unspecified atom stereocenters. The highest BCUT2D eigenvalue weighted by atomic mass is 19.1. The van der Waals surface area contributed by atoms with Crippen molar-refractivity contribution in [3.8, 4) is 0 Å². The molecule has 0 spiro atoms. The van der Waals surface area contributed by atoms with Crippen LogP contribution >= 0.6 is 0 Å². The number of nitrogens with one attached hydrogen (secondary N) is 1. The standard InChI is InChI=1S/C13H19FN2O2/c1-9-5-10(14)7-11(6-9)15-12(17)16(4)8-13(2,3)18/h5-7,18H,8H2,1-4H3,(H,15,17). The second-order valence-electron chi connectivity index (χ2n) is 5.12. The number of benzene rings is 1. The van der Waals surface area contributed by atoms with E-state index in [1.54, 1.807) is 33.9 Å². The molecule has 0 heterocycles. The van der Waals surface area contributed by atoms with Gasteiger partial charge in [0.1, 0.15) is 5.82 Å². The predicted molar refractivity (Wildman–Crippen MR) is 69.1 cm³/mol. The zero-order valence-electron chi connectivity index (χ0n) is 11.1. The molecule has 0 saturated carbocycles. The summed E-state index contributed by atoms with van der Waals surface area (Å²) >= 11 is 0. The van der Waals surface area contributed by atoms with Gasteiger partial charge in [-0.3, -0.25) is 0 Å². The number of anilines is 1. The number of nitrogens with zero attached hydrogens (tertiary/aromatic N) is 1. The summed E-state index contributed by atoms with van der Waals surface area (Å²) in [5.74, 6) is -0.393. The molecule has 0 atom stereocenters. The van der Waals surface area contributed by atoms with Crippen LogP contribution < -0.4 is 5.32 Å². The molecule has 18 heavy (non-hydrogen) atoms. The van der Waals surface area contributed by atoms with E-state index >= 15 is 0 Å². The Balaban J connectivity index is 2.69. The van der Waals surface area contributed by atoms with Gasteiger partial charge in [0.05, 0.1) is 12.1 Å². The molecule has 0 aliphatic carbocycles. The maximum atomic E-state index is 13.1. The van der Waals surface area contributed by atoms with E-state index in [-0.39, 0.29) is 12.6 Å². The van der Waals surface area contributed by atoms with Gasteiger partial charge in [-0.15, -0.1) is 0 Å². The van der Waals surface area contributed by atoms with Crippen molar-refractivity contribution >= 4 is 11.7 Å². The molecule has 1 aromatic carbocycles. The third kappa shape index (κ3) is 4.71. The molecule has 100 valence electrons. The van der Waals surface area contributed by atoms with Crippen LogP contribution in [0.5, 0.6) is 0 Å². The Hall–Kier alpha value is -1.62. The summed E-state index contributed by atoms with van der Waals surface area (Å²) in [5.41, 5.74) is 0.166. The maximum absolute atomic E-state index is 13.1. The number of urea groups is 1. The lowest BCUT2D eigenvalue weighted by atomic mass is 10.1. The summed E-state index contributed by atoms with van der Waals surface area (Å²) in [6.45, 7) is 5.17. The number of hydrogen-bond donors (Lipinski definition) is 2. The number of halogens is 1. The molecule has 1 rings (SSSR count). The highest BCUT2D eigenvalue weighted by Crippen LogP contribution is 2.14. The van der Waals surface area contributed by atoms with Crippen LogP contribution in [0.2, 0.25) is 0 Å². The van der Waals surface area contributed by atoms with E-state index in [2.05, 4.69) is 5.32 Å². The Bertz CT molecular complexity index is 421. The fraction of sp³-hybridized carbons (Fsp3) is 0.462. The SMILES string of the molecule is Cc1cc(F)cc(NC(=O)N(C)CC(C)(C)O)c1. The van der Waals surface area contributed by atoms with Crippen molar-refractivity contribution in [1.29, 1.82) is 0 Å². The Kier molecular flexibility index (Phi) is 4.29. The van der Waals surface area contributed by atoms with E-state index < -0.39 is 11.4 Å². The molecular formula is C13H19FN2O2. The summed E-state index contributed by atoms with van der Waals surface area (Å²) in [6.07, 6.45) is 0. The number of likely N-dealkylation sites (N-methyl/N-ethyl adjacent to an activating group) is 1.